The van der Waals surface area contributed by atoms with Gasteiger partial charge in [-0.25, -0.2) is 0 Å². The van der Waals surface area contributed by atoms with Gasteiger partial charge < -0.3 is 9.47 Å². The molecule has 2 heterocycles. The molecule has 0 bridgehead atoms. The first kappa shape index (κ1) is 10.4. The van der Waals surface area contributed by atoms with Gasteiger partial charge in [0.05, 0.1) is 13.2 Å². The van der Waals surface area contributed by atoms with Crippen LogP contribution in [0.3, 0.4) is 0 Å². The summed E-state index contributed by atoms with van der Waals surface area (Å²) in [7, 11) is 0. The second kappa shape index (κ2) is 4.19. The fourth-order valence-electron chi connectivity index (χ4n) is 3.15. The second-order valence-electron chi connectivity index (χ2n) is 4.56. The molecule has 2 rings (SSSR count). The van der Waals surface area contributed by atoms with E-state index in [4.69, 9.17) is 9.47 Å². The minimum Gasteiger partial charge on any atom is -0.349 e. The molecule has 2 saturated heterocycles. The minimum atomic E-state index is -0.193. The first-order valence-electron chi connectivity index (χ1n) is 6.11. The van der Waals surface area contributed by atoms with Gasteiger partial charge in [0, 0.05) is 11.8 Å². The molecule has 0 aromatic heterocycles. The van der Waals surface area contributed by atoms with Gasteiger partial charge in [-0.15, -0.1) is 0 Å². The largest absolute Gasteiger partial charge is 0.349 e. The smallest absolute Gasteiger partial charge is 0.173 e. The fourth-order valence-corrected chi connectivity index (χ4v) is 3.15. The van der Waals surface area contributed by atoms with Gasteiger partial charge in [-0.1, -0.05) is 13.8 Å². The molecule has 0 amide bonds. The highest BCUT2D eigenvalue weighted by Crippen LogP contribution is 2.46. The van der Waals surface area contributed by atoms with Crippen LogP contribution in [0.25, 0.3) is 0 Å². The average Bonchev–Trinajstić information content (AvgIpc) is 2.62. The summed E-state index contributed by atoms with van der Waals surface area (Å²) in [4.78, 5) is 0. The molecule has 2 nitrogen and oxygen atoms in total. The van der Waals surface area contributed by atoms with Gasteiger partial charge in [0.1, 0.15) is 0 Å². The van der Waals surface area contributed by atoms with Crippen molar-refractivity contribution in [3.05, 3.63) is 0 Å². The molecular formula is C12H22O2. The highest BCUT2D eigenvalue weighted by atomic mass is 16.7. The number of rotatable bonds is 2. The molecule has 0 radical (unpaired) electrons. The molecule has 3 atom stereocenters. The van der Waals surface area contributed by atoms with Crippen molar-refractivity contribution >= 4 is 0 Å². The quantitative estimate of drug-likeness (QED) is 0.679. The van der Waals surface area contributed by atoms with Crippen LogP contribution < -0.4 is 0 Å². The lowest BCUT2D eigenvalue weighted by atomic mass is 9.79. The maximum absolute atomic E-state index is 6.01. The van der Waals surface area contributed by atoms with Crippen LogP contribution >= 0.6 is 0 Å². The van der Waals surface area contributed by atoms with Gasteiger partial charge in [-0.3, -0.25) is 0 Å². The van der Waals surface area contributed by atoms with E-state index < -0.39 is 0 Å². The van der Waals surface area contributed by atoms with Gasteiger partial charge in [-0.05, 0) is 32.1 Å². The molecule has 0 N–H and O–H groups in total. The Morgan fingerprint density at radius 2 is 1.64 bits per heavy atom. The van der Waals surface area contributed by atoms with Crippen molar-refractivity contribution in [2.45, 2.75) is 51.7 Å². The average molecular weight is 198 g/mol. The lowest BCUT2D eigenvalue weighted by Gasteiger charge is -2.43. The Hall–Kier alpha value is -0.0800. The van der Waals surface area contributed by atoms with Crippen LogP contribution in [-0.4, -0.2) is 19.0 Å². The van der Waals surface area contributed by atoms with Gasteiger partial charge >= 0.3 is 0 Å². The SMILES string of the molecule is CC[C@H]1CCCOC12OCC[C@@H]2CC. The third kappa shape index (κ3) is 1.49. The molecule has 2 fully saturated rings. The van der Waals surface area contributed by atoms with Crippen molar-refractivity contribution in [3.63, 3.8) is 0 Å². The van der Waals surface area contributed by atoms with Crippen LogP contribution in [0.15, 0.2) is 0 Å². The molecule has 1 spiro atoms. The van der Waals surface area contributed by atoms with E-state index in [1.54, 1.807) is 0 Å². The van der Waals surface area contributed by atoms with Crippen LogP contribution in [0.5, 0.6) is 0 Å². The molecule has 0 aromatic carbocycles. The molecule has 1 unspecified atom stereocenters. The Kier molecular flexibility index (Phi) is 3.13. The van der Waals surface area contributed by atoms with E-state index in [2.05, 4.69) is 13.8 Å². The minimum absolute atomic E-state index is 0.193. The summed E-state index contributed by atoms with van der Waals surface area (Å²) in [6.45, 7) is 6.31. The Bertz CT molecular complexity index is 193. The van der Waals surface area contributed by atoms with Crippen LogP contribution in [-0.2, 0) is 9.47 Å². The van der Waals surface area contributed by atoms with E-state index in [1.807, 2.05) is 0 Å². The first-order chi connectivity index (χ1) is 6.83. The van der Waals surface area contributed by atoms with E-state index in [1.165, 1.54) is 32.1 Å². The Balaban J connectivity index is 2.16. The van der Waals surface area contributed by atoms with Crippen molar-refractivity contribution < 1.29 is 9.47 Å². The highest BCUT2D eigenvalue weighted by molar-refractivity contribution is 4.91. The van der Waals surface area contributed by atoms with Crippen molar-refractivity contribution in [1.82, 2.24) is 0 Å². The second-order valence-corrected chi connectivity index (χ2v) is 4.56. The van der Waals surface area contributed by atoms with Gasteiger partial charge in [0.15, 0.2) is 5.79 Å². The van der Waals surface area contributed by atoms with E-state index in [-0.39, 0.29) is 5.79 Å². The number of ether oxygens (including phenoxy) is 2. The summed E-state index contributed by atoms with van der Waals surface area (Å²) in [5, 5.41) is 0. The van der Waals surface area contributed by atoms with Crippen LogP contribution in [0.1, 0.15) is 46.0 Å². The molecule has 0 saturated carbocycles. The normalized spacial score (nSPS) is 43.3. The third-order valence-electron chi connectivity index (χ3n) is 3.94. The Morgan fingerprint density at radius 3 is 2.36 bits per heavy atom. The predicted octanol–water partition coefficient (Wildman–Crippen LogP) is 2.97. The summed E-state index contributed by atoms with van der Waals surface area (Å²) in [5.74, 6) is 1.07. The first-order valence-corrected chi connectivity index (χ1v) is 6.11. The standard InChI is InChI=1S/C12H22O2/c1-3-10-6-5-8-13-12(10)11(4-2)7-9-14-12/h10-11H,3-9H2,1-2H3/t10-,11-,12?/m0/s1. The summed E-state index contributed by atoms with van der Waals surface area (Å²) in [6.07, 6.45) is 6.06. The Labute approximate surface area is 87.0 Å². The zero-order chi connectivity index (χ0) is 10.0. The van der Waals surface area contributed by atoms with E-state index >= 15 is 0 Å². The van der Waals surface area contributed by atoms with E-state index in [9.17, 15) is 0 Å². The summed E-state index contributed by atoms with van der Waals surface area (Å²) in [6, 6.07) is 0. The monoisotopic (exact) mass is 198 g/mol. The molecule has 0 aromatic rings. The van der Waals surface area contributed by atoms with Crippen LogP contribution in [0.2, 0.25) is 0 Å². The van der Waals surface area contributed by atoms with Crippen molar-refractivity contribution in [3.8, 4) is 0 Å². The van der Waals surface area contributed by atoms with Crippen LogP contribution in [0, 0.1) is 11.8 Å². The van der Waals surface area contributed by atoms with E-state index in [0.717, 1.165) is 13.2 Å². The van der Waals surface area contributed by atoms with Crippen molar-refractivity contribution in [2.24, 2.45) is 11.8 Å². The molecule has 2 aliphatic heterocycles. The lowest BCUT2D eigenvalue weighted by molar-refractivity contribution is -0.281. The Morgan fingerprint density at radius 1 is 1.00 bits per heavy atom. The molecule has 0 aliphatic carbocycles. The number of hydrogen-bond donors (Lipinski definition) is 0. The molecule has 82 valence electrons. The predicted molar refractivity (Wildman–Crippen MR) is 56.0 cm³/mol. The van der Waals surface area contributed by atoms with Crippen molar-refractivity contribution in [1.29, 1.82) is 0 Å². The maximum Gasteiger partial charge on any atom is 0.173 e. The van der Waals surface area contributed by atoms with E-state index in [0.29, 0.717) is 11.8 Å². The van der Waals surface area contributed by atoms with Gasteiger partial charge in [0.2, 0.25) is 0 Å². The molecular weight excluding hydrogens is 176 g/mol. The van der Waals surface area contributed by atoms with Crippen LogP contribution in [0.4, 0.5) is 0 Å². The van der Waals surface area contributed by atoms with Gasteiger partial charge in [-0.2, -0.15) is 0 Å². The maximum atomic E-state index is 6.01. The third-order valence-corrected chi connectivity index (χ3v) is 3.94. The lowest BCUT2D eigenvalue weighted by Crippen LogP contribution is -2.48. The summed E-state index contributed by atoms with van der Waals surface area (Å²) in [5.41, 5.74) is 0. The van der Waals surface area contributed by atoms with Gasteiger partial charge in [0.25, 0.3) is 0 Å². The molecule has 2 aliphatic rings. The van der Waals surface area contributed by atoms with Crippen molar-refractivity contribution in [2.75, 3.05) is 13.2 Å². The summed E-state index contributed by atoms with van der Waals surface area (Å²) < 4.78 is 12.0. The fraction of sp³-hybridized carbons (Fsp3) is 1.00. The zero-order valence-electron chi connectivity index (χ0n) is 9.42. The highest BCUT2D eigenvalue weighted by Gasteiger charge is 2.50. The number of hydrogen-bond acceptors (Lipinski definition) is 2. The summed E-state index contributed by atoms with van der Waals surface area (Å²) >= 11 is 0. The molecule has 14 heavy (non-hydrogen) atoms. The topological polar surface area (TPSA) is 18.5 Å². The molecule has 2 heteroatoms. The zero-order valence-corrected chi connectivity index (χ0v) is 9.42.